The van der Waals surface area contributed by atoms with Crippen molar-refractivity contribution >= 4 is 15.9 Å². The molecular weight excluding hydrogens is 326 g/mol. The first-order valence-electron chi connectivity index (χ1n) is 8.37. The molecule has 0 spiro atoms. The molecule has 0 radical (unpaired) electrons. The van der Waals surface area contributed by atoms with Crippen molar-refractivity contribution < 1.29 is 13.2 Å². The number of nitrogens with zero attached hydrogens (tertiary/aromatic N) is 1. The Bertz CT molecular complexity index is 673. The fourth-order valence-corrected chi connectivity index (χ4v) is 3.69. The van der Waals surface area contributed by atoms with Crippen LogP contribution in [0.5, 0.6) is 0 Å². The number of nitrogens with two attached hydrogens (primary N) is 1. The van der Waals surface area contributed by atoms with Gasteiger partial charge >= 0.3 is 0 Å². The number of sulfonamides is 1. The van der Waals surface area contributed by atoms with Gasteiger partial charge in [-0.05, 0) is 57.0 Å². The first kappa shape index (κ1) is 18.9. The highest BCUT2D eigenvalue weighted by Gasteiger charge is 2.36. The summed E-state index contributed by atoms with van der Waals surface area (Å²) in [6.45, 7) is 7.53. The lowest BCUT2D eigenvalue weighted by molar-refractivity contribution is -0.133. The number of carbonyl (C=O) groups is 1. The Hall–Kier alpha value is -1.44. The zero-order valence-electron chi connectivity index (χ0n) is 14.4. The molecule has 0 unspecified atom stereocenters. The van der Waals surface area contributed by atoms with E-state index in [0.29, 0.717) is 13.0 Å². The van der Waals surface area contributed by atoms with E-state index in [-0.39, 0.29) is 16.2 Å². The number of likely N-dealkylation sites (tertiary alicyclic amines) is 1. The van der Waals surface area contributed by atoms with E-state index < -0.39 is 10.0 Å². The van der Waals surface area contributed by atoms with Gasteiger partial charge in [0, 0.05) is 13.1 Å². The van der Waals surface area contributed by atoms with Gasteiger partial charge in [-0.1, -0.05) is 19.1 Å². The third-order valence-electron chi connectivity index (χ3n) is 4.72. The SMILES string of the molecule is CCN1CCC[C@](C)(C(=O)NCCc2ccc(S(N)(=O)=O)cc2)C1. The van der Waals surface area contributed by atoms with Crippen LogP contribution in [-0.4, -0.2) is 45.4 Å². The predicted molar refractivity (Wildman–Crippen MR) is 94.0 cm³/mol. The van der Waals surface area contributed by atoms with Gasteiger partial charge in [0.15, 0.2) is 0 Å². The van der Waals surface area contributed by atoms with Crippen LogP contribution in [0.15, 0.2) is 29.2 Å². The van der Waals surface area contributed by atoms with E-state index in [4.69, 9.17) is 5.14 Å². The normalized spacial score (nSPS) is 22.3. The first-order chi connectivity index (χ1) is 11.2. The van der Waals surface area contributed by atoms with Gasteiger partial charge < -0.3 is 10.2 Å². The number of primary sulfonamides is 1. The van der Waals surface area contributed by atoms with Gasteiger partial charge in [-0.25, -0.2) is 13.6 Å². The Kier molecular flexibility index (Phi) is 6.01. The summed E-state index contributed by atoms with van der Waals surface area (Å²) in [5.41, 5.74) is 0.637. The summed E-state index contributed by atoms with van der Waals surface area (Å²) in [6, 6.07) is 6.45. The Balaban J connectivity index is 1.86. The third-order valence-corrected chi connectivity index (χ3v) is 5.65. The molecule has 7 heteroatoms. The summed E-state index contributed by atoms with van der Waals surface area (Å²) in [5, 5.41) is 8.10. The second-order valence-corrected chi connectivity index (χ2v) is 8.29. The van der Waals surface area contributed by atoms with Gasteiger partial charge in [-0.2, -0.15) is 0 Å². The van der Waals surface area contributed by atoms with E-state index in [1.807, 2.05) is 6.92 Å². The van der Waals surface area contributed by atoms with E-state index in [9.17, 15) is 13.2 Å². The summed E-state index contributed by atoms with van der Waals surface area (Å²) in [5.74, 6) is 0.0989. The number of piperidine rings is 1. The number of benzene rings is 1. The van der Waals surface area contributed by atoms with Crippen molar-refractivity contribution in [3.05, 3.63) is 29.8 Å². The van der Waals surface area contributed by atoms with Gasteiger partial charge in [0.1, 0.15) is 0 Å². The number of amides is 1. The number of carbonyl (C=O) groups excluding carboxylic acids is 1. The molecule has 1 aliphatic rings. The average molecular weight is 353 g/mol. The van der Waals surface area contributed by atoms with Crippen LogP contribution in [0.2, 0.25) is 0 Å². The molecular formula is C17H27N3O3S. The van der Waals surface area contributed by atoms with E-state index in [0.717, 1.165) is 38.0 Å². The zero-order valence-corrected chi connectivity index (χ0v) is 15.2. The minimum atomic E-state index is -3.66. The lowest BCUT2D eigenvalue weighted by atomic mass is 9.81. The molecule has 1 aromatic rings. The highest BCUT2D eigenvalue weighted by molar-refractivity contribution is 7.89. The number of hydrogen-bond acceptors (Lipinski definition) is 4. The van der Waals surface area contributed by atoms with Crippen LogP contribution < -0.4 is 10.5 Å². The smallest absolute Gasteiger partial charge is 0.238 e. The fourth-order valence-electron chi connectivity index (χ4n) is 3.18. The molecule has 24 heavy (non-hydrogen) atoms. The highest BCUT2D eigenvalue weighted by atomic mass is 32.2. The van der Waals surface area contributed by atoms with Crippen LogP contribution in [0.4, 0.5) is 0 Å². The molecule has 0 aromatic heterocycles. The van der Waals surface area contributed by atoms with E-state index >= 15 is 0 Å². The molecule has 1 atom stereocenters. The van der Waals surface area contributed by atoms with Crippen molar-refractivity contribution in [3.8, 4) is 0 Å². The molecule has 1 aliphatic heterocycles. The Morgan fingerprint density at radius 2 is 2.00 bits per heavy atom. The molecule has 0 aliphatic carbocycles. The second-order valence-electron chi connectivity index (χ2n) is 6.73. The molecule has 1 heterocycles. The van der Waals surface area contributed by atoms with Crippen molar-refractivity contribution in [1.82, 2.24) is 10.2 Å². The van der Waals surface area contributed by atoms with Gasteiger partial charge in [0.05, 0.1) is 10.3 Å². The van der Waals surface area contributed by atoms with Crippen molar-refractivity contribution in [2.75, 3.05) is 26.2 Å². The lowest BCUT2D eigenvalue weighted by Gasteiger charge is -2.38. The molecule has 1 fully saturated rings. The monoisotopic (exact) mass is 353 g/mol. The summed E-state index contributed by atoms with van der Waals surface area (Å²) < 4.78 is 22.5. The Morgan fingerprint density at radius 1 is 1.33 bits per heavy atom. The van der Waals surface area contributed by atoms with Gasteiger partial charge in [0.2, 0.25) is 15.9 Å². The maximum Gasteiger partial charge on any atom is 0.238 e. The number of nitrogens with one attached hydrogen (secondary N) is 1. The van der Waals surface area contributed by atoms with Gasteiger partial charge in [0.25, 0.3) is 0 Å². The predicted octanol–water partition coefficient (Wildman–Crippen LogP) is 1.11. The minimum Gasteiger partial charge on any atom is -0.355 e. The summed E-state index contributed by atoms with van der Waals surface area (Å²) >= 11 is 0. The quantitative estimate of drug-likeness (QED) is 0.801. The topological polar surface area (TPSA) is 92.5 Å². The van der Waals surface area contributed by atoms with Crippen LogP contribution in [0.25, 0.3) is 0 Å². The molecule has 1 saturated heterocycles. The zero-order chi connectivity index (χ0) is 17.8. The van der Waals surface area contributed by atoms with Crippen molar-refractivity contribution in [1.29, 1.82) is 0 Å². The number of rotatable bonds is 6. The van der Waals surface area contributed by atoms with Gasteiger partial charge in [-0.3, -0.25) is 4.79 Å². The number of hydrogen-bond donors (Lipinski definition) is 2. The molecule has 0 bridgehead atoms. The third kappa shape index (κ3) is 4.78. The van der Waals surface area contributed by atoms with E-state index in [1.165, 1.54) is 12.1 Å². The minimum absolute atomic E-state index is 0.0989. The summed E-state index contributed by atoms with van der Waals surface area (Å²) in [4.78, 5) is 14.9. The van der Waals surface area contributed by atoms with Crippen molar-refractivity contribution in [3.63, 3.8) is 0 Å². The first-order valence-corrected chi connectivity index (χ1v) is 9.91. The van der Waals surface area contributed by atoms with Crippen LogP contribution in [0, 0.1) is 5.41 Å². The molecule has 1 amide bonds. The van der Waals surface area contributed by atoms with Crippen molar-refractivity contribution in [2.24, 2.45) is 10.6 Å². The Morgan fingerprint density at radius 3 is 2.58 bits per heavy atom. The summed E-state index contributed by atoms with van der Waals surface area (Å²) in [7, 11) is -3.66. The van der Waals surface area contributed by atoms with Crippen molar-refractivity contribution in [2.45, 2.75) is 38.0 Å². The van der Waals surface area contributed by atoms with Crippen LogP contribution in [0.1, 0.15) is 32.3 Å². The largest absolute Gasteiger partial charge is 0.355 e. The molecule has 1 aromatic carbocycles. The van der Waals surface area contributed by atoms with Gasteiger partial charge in [-0.15, -0.1) is 0 Å². The lowest BCUT2D eigenvalue weighted by Crippen LogP contribution is -2.50. The van der Waals surface area contributed by atoms with E-state index in [1.54, 1.807) is 12.1 Å². The molecule has 3 N–H and O–H groups in total. The average Bonchev–Trinajstić information content (AvgIpc) is 2.54. The maximum atomic E-state index is 12.5. The van der Waals surface area contributed by atoms with Crippen LogP contribution >= 0.6 is 0 Å². The fraction of sp³-hybridized carbons (Fsp3) is 0.588. The highest BCUT2D eigenvalue weighted by Crippen LogP contribution is 2.29. The molecule has 0 saturated carbocycles. The Labute approximate surface area is 144 Å². The standard InChI is InChI=1S/C17H27N3O3S/c1-3-20-12-4-10-17(2,13-20)16(21)19-11-9-14-5-7-15(8-6-14)24(18,22)23/h5-8H,3-4,9-13H2,1-2H3,(H,19,21)(H2,18,22,23)/t17-/m0/s1. The maximum absolute atomic E-state index is 12.5. The summed E-state index contributed by atoms with van der Waals surface area (Å²) in [6.07, 6.45) is 2.62. The van der Waals surface area contributed by atoms with Crippen LogP contribution in [-0.2, 0) is 21.2 Å². The molecule has 134 valence electrons. The molecule has 6 nitrogen and oxygen atoms in total. The second kappa shape index (κ2) is 7.63. The molecule has 2 rings (SSSR count). The van der Waals surface area contributed by atoms with E-state index in [2.05, 4.69) is 17.1 Å². The van der Waals surface area contributed by atoms with Crippen LogP contribution in [0.3, 0.4) is 0 Å².